The molecule has 2 aromatic carbocycles. The maximum atomic E-state index is 12.2. The average molecular weight is 421 g/mol. The summed E-state index contributed by atoms with van der Waals surface area (Å²) in [5.41, 5.74) is 3.13. The van der Waals surface area contributed by atoms with Gasteiger partial charge in [0.1, 0.15) is 11.9 Å². The molecule has 2 N–H and O–H groups in total. The molecule has 4 rings (SSSR count). The molecule has 1 fully saturated rings. The summed E-state index contributed by atoms with van der Waals surface area (Å²) in [5, 5.41) is 14.0. The van der Waals surface area contributed by atoms with Crippen molar-refractivity contribution in [2.75, 3.05) is 18.0 Å². The zero-order valence-electron chi connectivity index (χ0n) is 18.2. The van der Waals surface area contributed by atoms with E-state index in [1.54, 1.807) is 0 Å². The third-order valence-electron chi connectivity index (χ3n) is 5.97. The second kappa shape index (κ2) is 9.43. The number of rotatable bonds is 6. The van der Waals surface area contributed by atoms with Crippen LogP contribution in [0.3, 0.4) is 0 Å². The molecule has 164 valence electrons. The van der Waals surface area contributed by atoms with Crippen molar-refractivity contribution in [1.82, 2.24) is 15.3 Å². The first kappa shape index (κ1) is 21.2. The first-order valence-corrected chi connectivity index (χ1v) is 11.1. The van der Waals surface area contributed by atoms with E-state index in [0.717, 1.165) is 66.0 Å². The van der Waals surface area contributed by atoms with Gasteiger partial charge in [-0.3, -0.25) is 4.79 Å². The van der Waals surface area contributed by atoms with Crippen LogP contribution in [0.2, 0.25) is 0 Å². The number of hydrogen-bond acceptors (Lipinski definition) is 5. The fourth-order valence-electron chi connectivity index (χ4n) is 4.18. The van der Waals surface area contributed by atoms with Crippen molar-refractivity contribution in [2.45, 2.75) is 51.7 Å². The van der Waals surface area contributed by atoms with E-state index in [4.69, 9.17) is 9.97 Å². The van der Waals surface area contributed by atoms with E-state index >= 15 is 0 Å². The fourth-order valence-corrected chi connectivity index (χ4v) is 4.18. The van der Waals surface area contributed by atoms with Crippen molar-refractivity contribution in [1.29, 1.82) is 0 Å². The van der Waals surface area contributed by atoms with E-state index in [1.807, 2.05) is 37.3 Å². The highest BCUT2D eigenvalue weighted by Gasteiger charge is 2.25. The summed E-state index contributed by atoms with van der Waals surface area (Å²) < 4.78 is 0. The van der Waals surface area contributed by atoms with Crippen LogP contribution in [0, 0.1) is 6.92 Å². The Morgan fingerprint density at radius 3 is 2.61 bits per heavy atom. The predicted molar refractivity (Wildman–Crippen MR) is 126 cm³/mol. The van der Waals surface area contributed by atoms with E-state index in [1.165, 1.54) is 0 Å². The fraction of sp³-hybridized carbons (Fsp3) is 0.400. The SMILES string of the molecule is CCCC(O)C(=O)NC1CCN(c2nc(-c3ccccc3C)nc3ccccc23)CC1.[HH]. The van der Waals surface area contributed by atoms with E-state index in [9.17, 15) is 9.90 Å². The molecular weight excluding hydrogens is 388 g/mol. The number of aliphatic hydroxyl groups excluding tert-OH is 1. The number of nitrogens with one attached hydrogen (secondary N) is 1. The van der Waals surface area contributed by atoms with Gasteiger partial charge in [-0.15, -0.1) is 0 Å². The molecule has 0 bridgehead atoms. The molecule has 1 aliphatic heterocycles. The van der Waals surface area contributed by atoms with Crippen LogP contribution in [-0.4, -0.2) is 46.2 Å². The van der Waals surface area contributed by atoms with Gasteiger partial charge in [-0.1, -0.05) is 49.7 Å². The number of carbonyl (C=O) groups excluding carboxylic acids is 1. The molecule has 1 aromatic heterocycles. The lowest BCUT2D eigenvalue weighted by Gasteiger charge is -2.34. The van der Waals surface area contributed by atoms with E-state index in [2.05, 4.69) is 35.3 Å². The first-order chi connectivity index (χ1) is 15.1. The highest BCUT2D eigenvalue weighted by molar-refractivity contribution is 5.91. The molecule has 2 heterocycles. The van der Waals surface area contributed by atoms with Crippen LogP contribution in [0.4, 0.5) is 5.82 Å². The number of amides is 1. The number of benzene rings is 2. The number of piperidine rings is 1. The minimum Gasteiger partial charge on any atom is -0.383 e. The Balaban J connectivity index is 0.00000289. The van der Waals surface area contributed by atoms with Crippen molar-refractivity contribution in [3.8, 4) is 11.4 Å². The zero-order chi connectivity index (χ0) is 21.8. The molecular formula is C25H32N4O2. The molecule has 0 saturated carbocycles. The normalized spacial score (nSPS) is 15.8. The molecule has 1 atom stereocenters. The number of para-hydroxylation sites is 1. The Hall–Kier alpha value is -2.99. The molecule has 1 amide bonds. The van der Waals surface area contributed by atoms with Gasteiger partial charge in [-0.05, 0) is 43.9 Å². The zero-order valence-corrected chi connectivity index (χ0v) is 18.2. The van der Waals surface area contributed by atoms with Gasteiger partial charge in [0.25, 0.3) is 0 Å². The predicted octanol–water partition coefficient (Wildman–Crippen LogP) is 4.10. The van der Waals surface area contributed by atoms with E-state index in [-0.39, 0.29) is 13.4 Å². The van der Waals surface area contributed by atoms with Gasteiger partial charge in [0.2, 0.25) is 5.91 Å². The second-order valence-electron chi connectivity index (χ2n) is 8.28. The number of carbonyl (C=O) groups is 1. The van der Waals surface area contributed by atoms with Crippen molar-refractivity contribution >= 4 is 22.6 Å². The minimum atomic E-state index is -0.912. The molecule has 0 aliphatic carbocycles. The van der Waals surface area contributed by atoms with Crippen LogP contribution in [-0.2, 0) is 4.79 Å². The summed E-state index contributed by atoms with van der Waals surface area (Å²) in [6, 6.07) is 16.4. The Labute approximate surface area is 184 Å². The quantitative estimate of drug-likeness (QED) is 0.628. The molecule has 0 radical (unpaired) electrons. The number of aromatic nitrogens is 2. The highest BCUT2D eigenvalue weighted by atomic mass is 16.3. The lowest BCUT2D eigenvalue weighted by Crippen LogP contribution is -2.47. The summed E-state index contributed by atoms with van der Waals surface area (Å²) in [6.07, 6.45) is 2.02. The molecule has 1 aliphatic rings. The topological polar surface area (TPSA) is 78.4 Å². The first-order valence-electron chi connectivity index (χ1n) is 11.1. The summed E-state index contributed by atoms with van der Waals surface area (Å²) in [4.78, 5) is 24.3. The van der Waals surface area contributed by atoms with Crippen molar-refractivity contribution in [2.24, 2.45) is 0 Å². The summed E-state index contributed by atoms with van der Waals surface area (Å²) in [7, 11) is 0. The van der Waals surface area contributed by atoms with Gasteiger partial charge >= 0.3 is 0 Å². The van der Waals surface area contributed by atoms with Crippen LogP contribution >= 0.6 is 0 Å². The number of hydrogen-bond donors (Lipinski definition) is 2. The maximum Gasteiger partial charge on any atom is 0.249 e. The Morgan fingerprint density at radius 2 is 1.87 bits per heavy atom. The largest absolute Gasteiger partial charge is 0.383 e. The van der Waals surface area contributed by atoms with Gasteiger partial charge in [0.15, 0.2) is 5.82 Å². The third-order valence-corrected chi connectivity index (χ3v) is 5.97. The minimum absolute atomic E-state index is 0. The van der Waals surface area contributed by atoms with E-state index in [0.29, 0.717) is 6.42 Å². The molecule has 6 heteroatoms. The molecule has 1 saturated heterocycles. The monoisotopic (exact) mass is 420 g/mol. The van der Waals surface area contributed by atoms with Crippen molar-refractivity contribution < 1.29 is 11.3 Å². The lowest BCUT2D eigenvalue weighted by molar-refractivity contribution is -0.130. The third kappa shape index (κ3) is 4.69. The maximum absolute atomic E-state index is 12.2. The Morgan fingerprint density at radius 1 is 1.16 bits per heavy atom. The number of anilines is 1. The Bertz CT molecular complexity index is 1070. The highest BCUT2D eigenvalue weighted by Crippen LogP contribution is 2.30. The molecule has 6 nitrogen and oxygen atoms in total. The molecule has 3 aromatic rings. The molecule has 0 spiro atoms. The lowest BCUT2D eigenvalue weighted by atomic mass is 10.0. The van der Waals surface area contributed by atoms with Gasteiger partial charge in [-0.2, -0.15) is 0 Å². The molecule has 1 unspecified atom stereocenters. The summed E-state index contributed by atoms with van der Waals surface area (Å²) in [5.74, 6) is 1.43. The molecule has 31 heavy (non-hydrogen) atoms. The van der Waals surface area contributed by atoms with Crippen LogP contribution in [0.15, 0.2) is 48.5 Å². The number of nitrogens with zero attached hydrogens (tertiary/aromatic N) is 3. The Kier molecular flexibility index (Phi) is 6.47. The van der Waals surface area contributed by atoms with Gasteiger partial charge < -0.3 is 15.3 Å². The van der Waals surface area contributed by atoms with Crippen LogP contribution in [0.5, 0.6) is 0 Å². The van der Waals surface area contributed by atoms with Crippen molar-refractivity contribution in [3.05, 3.63) is 54.1 Å². The number of aryl methyl sites for hydroxylation is 1. The standard InChI is InChI=1S/C25H30N4O2.H2/c1-3-8-22(30)25(31)26-18-13-15-29(16-14-18)24-20-11-6-7-12-21(20)27-23(28-24)19-10-5-4-9-17(19)2;/h4-7,9-12,18,22,30H,3,8,13-16H2,1-2H3,(H,26,31);1H. The summed E-state index contributed by atoms with van der Waals surface area (Å²) >= 11 is 0. The van der Waals surface area contributed by atoms with Gasteiger partial charge in [0, 0.05) is 31.5 Å². The van der Waals surface area contributed by atoms with Crippen LogP contribution in [0.1, 0.15) is 39.6 Å². The van der Waals surface area contributed by atoms with Crippen molar-refractivity contribution in [3.63, 3.8) is 0 Å². The van der Waals surface area contributed by atoms with Crippen LogP contribution < -0.4 is 10.2 Å². The average Bonchev–Trinajstić information content (AvgIpc) is 2.79. The van der Waals surface area contributed by atoms with Crippen LogP contribution in [0.25, 0.3) is 22.3 Å². The second-order valence-corrected chi connectivity index (χ2v) is 8.28. The van der Waals surface area contributed by atoms with E-state index < -0.39 is 6.10 Å². The van der Waals surface area contributed by atoms with Gasteiger partial charge in [0.05, 0.1) is 5.52 Å². The number of fused-ring (bicyclic) bond motifs is 1. The number of aliphatic hydroxyl groups is 1. The van der Waals surface area contributed by atoms with Gasteiger partial charge in [-0.25, -0.2) is 9.97 Å². The smallest absolute Gasteiger partial charge is 0.249 e. The summed E-state index contributed by atoms with van der Waals surface area (Å²) in [6.45, 7) is 5.63.